The summed E-state index contributed by atoms with van der Waals surface area (Å²) in [5, 5.41) is 0. The van der Waals surface area contributed by atoms with Gasteiger partial charge in [0, 0.05) is 19.1 Å². The third kappa shape index (κ3) is 2.28. The van der Waals surface area contributed by atoms with Crippen molar-refractivity contribution in [3.63, 3.8) is 0 Å². The molecule has 2 N–H and O–H groups in total. The number of hydrogen-bond acceptors (Lipinski definition) is 3. The topological polar surface area (TPSA) is 63.4 Å². The van der Waals surface area contributed by atoms with Gasteiger partial charge in [-0.25, -0.2) is 12.8 Å². The largest absolute Gasteiger partial charge is 0.329 e. The first-order valence-corrected chi connectivity index (χ1v) is 7.39. The van der Waals surface area contributed by atoms with Gasteiger partial charge in [-0.2, -0.15) is 4.31 Å². The fourth-order valence-corrected chi connectivity index (χ4v) is 4.30. The minimum absolute atomic E-state index is 0.139. The highest BCUT2D eigenvalue weighted by atomic mass is 32.2. The first-order valence-electron chi connectivity index (χ1n) is 5.95. The van der Waals surface area contributed by atoms with Crippen LogP contribution in [0.25, 0.3) is 0 Å². The van der Waals surface area contributed by atoms with Crippen LogP contribution in [0.5, 0.6) is 0 Å². The Morgan fingerprint density at radius 2 is 2.22 bits per heavy atom. The highest BCUT2D eigenvalue weighted by Gasteiger charge is 2.35. The van der Waals surface area contributed by atoms with E-state index < -0.39 is 15.8 Å². The van der Waals surface area contributed by atoms with Crippen LogP contribution < -0.4 is 5.73 Å². The fraction of sp³-hybridized carbons (Fsp3) is 0.500. The minimum Gasteiger partial charge on any atom is -0.329 e. The number of rotatable bonds is 3. The van der Waals surface area contributed by atoms with Gasteiger partial charge in [0.25, 0.3) is 0 Å². The van der Waals surface area contributed by atoms with Crippen molar-refractivity contribution in [2.75, 3.05) is 13.1 Å². The average molecular weight is 272 g/mol. The minimum atomic E-state index is -3.56. The molecule has 0 aliphatic carbocycles. The lowest BCUT2D eigenvalue weighted by Crippen LogP contribution is -2.40. The second kappa shape index (κ2) is 4.95. The molecule has 1 aliphatic heterocycles. The summed E-state index contributed by atoms with van der Waals surface area (Å²) in [6.07, 6.45) is 1.61. The van der Waals surface area contributed by atoms with Crippen LogP contribution >= 0.6 is 0 Å². The van der Waals surface area contributed by atoms with E-state index in [1.165, 1.54) is 22.5 Å². The van der Waals surface area contributed by atoms with Crippen molar-refractivity contribution in [3.05, 3.63) is 29.6 Å². The van der Waals surface area contributed by atoms with Crippen molar-refractivity contribution in [1.82, 2.24) is 4.31 Å². The van der Waals surface area contributed by atoms with Crippen LogP contribution in [0.15, 0.2) is 23.1 Å². The van der Waals surface area contributed by atoms with Crippen molar-refractivity contribution in [3.8, 4) is 0 Å². The van der Waals surface area contributed by atoms with Crippen LogP contribution in [0.4, 0.5) is 4.39 Å². The van der Waals surface area contributed by atoms with Crippen LogP contribution in [0.3, 0.4) is 0 Å². The summed E-state index contributed by atoms with van der Waals surface area (Å²) in [6, 6.07) is 3.60. The highest BCUT2D eigenvalue weighted by Crippen LogP contribution is 2.27. The van der Waals surface area contributed by atoms with Gasteiger partial charge in [0.1, 0.15) is 5.82 Å². The van der Waals surface area contributed by atoms with E-state index in [1.807, 2.05) is 0 Å². The summed E-state index contributed by atoms with van der Waals surface area (Å²) >= 11 is 0. The highest BCUT2D eigenvalue weighted by molar-refractivity contribution is 7.89. The zero-order chi connectivity index (χ0) is 13.3. The van der Waals surface area contributed by atoms with Gasteiger partial charge in [-0.3, -0.25) is 0 Å². The van der Waals surface area contributed by atoms with Gasteiger partial charge in [0.15, 0.2) is 0 Å². The lowest BCUT2D eigenvalue weighted by atomic mass is 10.2. The predicted octanol–water partition coefficient (Wildman–Crippen LogP) is 1.25. The lowest BCUT2D eigenvalue weighted by molar-refractivity contribution is 0.392. The molecule has 1 atom stereocenters. The number of nitrogens with zero attached hydrogens (tertiary/aromatic N) is 1. The Hall–Kier alpha value is -0.980. The molecule has 4 nitrogen and oxygen atoms in total. The van der Waals surface area contributed by atoms with E-state index in [0.29, 0.717) is 18.7 Å². The lowest BCUT2D eigenvalue weighted by Gasteiger charge is -2.23. The van der Waals surface area contributed by atoms with E-state index in [-0.39, 0.29) is 10.9 Å². The second-order valence-corrected chi connectivity index (χ2v) is 6.42. The van der Waals surface area contributed by atoms with Crippen molar-refractivity contribution in [2.45, 2.75) is 30.7 Å². The molecule has 1 aromatic carbocycles. The van der Waals surface area contributed by atoms with Crippen LogP contribution in [0.2, 0.25) is 0 Å². The van der Waals surface area contributed by atoms with Crippen molar-refractivity contribution < 1.29 is 12.8 Å². The molecule has 0 bridgehead atoms. The molecule has 6 heteroatoms. The molecule has 1 fully saturated rings. The van der Waals surface area contributed by atoms with Crippen molar-refractivity contribution >= 4 is 10.0 Å². The molecule has 1 aromatic rings. The summed E-state index contributed by atoms with van der Waals surface area (Å²) in [4.78, 5) is 0.171. The average Bonchev–Trinajstić information content (AvgIpc) is 2.76. The van der Waals surface area contributed by atoms with Crippen LogP contribution in [0.1, 0.15) is 18.4 Å². The van der Waals surface area contributed by atoms with E-state index in [4.69, 9.17) is 5.73 Å². The van der Waals surface area contributed by atoms with Gasteiger partial charge < -0.3 is 5.73 Å². The van der Waals surface area contributed by atoms with E-state index in [2.05, 4.69) is 0 Å². The maximum atomic E-state index is 13.0. The number of aryl methyl sites for hydroxylation is 1. The predicted molar refractivity (Wildman–Crippen MR) is 67.1 cm³/mol. The summed E-state index contributed by atoms with van der Waals surface area (Å²) in [7, 11) is -3.56. The van der Waals surface area contributed by atoms with Gasteiger partial charge in [0.05, 0.1) is 4.90 Å². The Kier molecular flexibility index (Phi) is 3.70. The molecule has 0 saturated carbocycles. The zero-order valence-corrected chi connectivity index (χ0v) is 11.1. The van der Waals surface area contributed by atoms with Crippen LogP contribution in [0, 0.1) is 12.7 Å². The van der Waals surface area contributed by atoms with Gasteiger partial charge in [0.2, 0.25) is 10.0 Å². The molecule has 100 valence electrons. The monoisotopic (exact) mass is 272 g/mol. The molecule has 0 aromatic heterocycles. The van der Waals surface area contributed by atoms with Gasteiger partial charge in [-0.1, -0.05) is 0 Å². The maximum absolute atomic E-state index is 13.0. The number of benzene rings is 1. The molecule has 0 amide bonds. The molecule has 18 heavy (non-hydrogen) atoms. The first-order chi connectivity index (χ1) is 8.46. The number of hydrogen-bond donors (Lipinski definition) is 1. The van der Waals surface area contributed by atoms with Crippen LogP contribution in [-0.2, 0) is 10.0 Å². The molecule has 2 rings (SSSR count). The molecule has 1 saturated heterocycles. The first kappa shape index (κ1) is 13.5. The number of sulfonamides is 1. The van der Waals surface area contributed by atoms with Crippen LogP contribution in [-0.4, -0.2) is 31.9 Å². The SMILES string of the molecule is Cc1cc(F)ccc1S(=O)(=O)N1CCCC1CN. The van der Waals surface area contributed by atoms with E-state index >= 15 is 0 Å². The molecule has 1 aliphatic rings. The molecular formula is C12H17FN2O2S. The summed E-state index contributed by atoms with van der Waals surface area (Å²) in [5.74, 6) is -0.428. The van der Waals surface area contributed by atoms with Gasteiger partial charge >= 0.3 is 0 Å². The zero-order valence-electron chi connectivity index (χ0n) is 10.3. The van der Waals surface area contributed by atoms with Crippen molar-refractivity contribution in [2.24, 2.45) is 5.73 Å². The smallest absolute Gasteiger partial charge is 0.243 e. The quantitative estimate of drug-likeness (QED) is 0.900. The fourth-order valence-electron chi connectivity index (χ4n) is 2.39. The number of halogens is 1. The molecule has 1 unspecified atom stereocenters. The summed E-state index contributed by atoms with van der Waals surface area (Å²) in [5.41, 5.74) is 6.02. The second-order valence-electron chi connectivity index (χ2n) is 4.56. The molecule has 0 spiro atoms. The van der Waals surface area contributed by atoms with E-state index in [1.54, 1.807) is 6.92 Å². The standard InChI is InChI=1S/C12H17FN2O2S/c1-9-7-10(13)4-5-12(9)18(16,17)15-6-2-3-11(15)8-14/h4-5,7,11H,2-3,6,8,14H2,1H3. The number of nitrogens with two attached hydrogens (primary N) is 1. The van der Waals surface area contributed by atoms with E-state index in [9.17, 15) is 12.8 Å². The Morgan fingerprint density at radius 1 is 1.50 bits per heavy atom. The normalized spacial score (nSPS) is 21.4. The Labute approximate surface area is 107 Å². The maximum Gasteiger partial charge on any atom is 0.243 e. The van der Waals surface area contributed by atoms with Crippen molar-refractivity contribution in [1.29, 1.82) is 0 Å². The molecule has 0 radical (unpaired) electrons. The Bertz CT molecular complexity index is 545. The molecule has 1 heterocycles. The van der Waals surface area contributed by atoms with E-state index in [0.717, 1.165) is 12.8 Å². The van der Waals surface area contributed by atoms with Gasteiger partial charge in [-0.05, 0) is 43.5 Å². The summed E-state index contributed by atoms with van der Waals surface area (Å²) < 4.78 is 39.4. The Balaban J connectivity index is 2.42. The Morgan fingerprint density at radius 3 is 2.83 bits per heavy atom. The van der Waals surface area contributed by atoms with Gasteiger partial charge in [-0.15, -0.1) is 0 Å². The molecular weight excluding hydrogens is 255 g/mol. The third-order valence-corrected chi connectivity index (χ3v) is 5.43. The third-order valence-electron chi connectivity index (χ3n) is 3.32. The summed E-state index contributed by atoms with van der Waals surface area (Å²) in [6.45, 7) is 2.41.